The van der Waals surface area contributed by atoms with Gasteiger partial charge in [0, 0.05) is 30.0 Å². The lowest BCUT2D eigenvalue weighted by molar-refractivity contribution is 0.0742. The molecular weight excluding hydrogens is 260 g/mol. The number of hydrogen-bond acceptors (Lipinski definition) is 2. The summed E-state index contributed by atoms with van der Waals surface area (Å²) in [6, 6.07) is 10.9. The lowest BCUT2D eigenvalue weighted by Gasteiger charge is -2.25. The van der Waals surface area contributed by atoms with E-state index < -0.39 is 0 Å². The monoisotopic (exact) mass is 274 g/mol. The molecule has 2 aromatic rings. The molecule has 3 nitrogen and oxygen atoms in total. The minimum atomic E-state index is -0.0423. The third kappa shape index (κ3) is 3.12. The third-order valence-corrected chi connectivity index (χ3v) is 3.39. The van der Waals surface area contributed by atoms with Crippen LogP contribution in [-0.2, 0) is 0 Å². The fraction of sp³-hybridized carbons (Fsp3) is 0.200. The van der Waals surface area contributed by atoms with Crippen molar-refractivity contribution in [3.63, 3.8) is 0 Å². The van der Waals surface area contributed by atoms with Crippen LogP contribution in [0.2, 0.25) is 5.02 Å². The number of nitrogens with zero attached hydrogens (tertiary/aromatic N) is 2. The Morgan fingerprint density at radius 3 is 2.58 bits per heavy atom. The second kappa shape index (κ2) is 5.85. The first kappa shape index (κ1) is 13.6. The molecule has 0 saturated carbocycles. The van der Waals surface area contributed by atoms with E-state index in [-0.39, 0.29) is 11.9 Å². The zero-order valence-corrected chi connectivity index (χ0v) is 11.6. The topological polar surface area (TPSA) is 33.2 Å². The lowest BCUT2D eigenvalue weighted by atomic mass is 10.1. The van der Waals surface area contributed by atoms with Gasteiger partial charge in [-0.05, 0) is 36.8 Å². The SMILES string of the molecule is CC(c1cccc(Cl)c1)N(C)C(=O)c1ccncc1. The maximum atomic E-state index is 12.3. The van der Waals surface area contributed by atoms with E-state index in [1.807, 2.05) is 31.2 Å². The highest BCUT2D eigenvalue weighted by Gasteiger charge is 2.18. The van der Waals surface area contributed by atoms with Gasteiger partial charge in [-0.2, -0.15) is 0 Å². The first-order valence-corrected chi connectivity index (χ1v) is 6.40. The molecule has 98 valence electrons. The van der Waals surface area contributed by atoms with Crippen LogP contribution in [0.5, 0.6) is 0 Å². The molecular formula is C15H15ClN2O. The quantitative estimate of drug-likeness (QED) is 0.857. The summed E-state index contributed by atoms with van der Waals surface area (Å²) in [4.78, 5) is 17.9. The Bertz CT molecular complexity index is 571. The van der Waals surface area contributed by atoms with Gasteiger partial charge in [0.2, 0.25) is 0 Å². The van der Waals surface area contributed by atoms with Crippen LogP contribution in [0, 0.1) is 0 Å². The Labute approximate surface area is 117 Å². The Morgan fingerprint density at radius 2 is 1.95 bits per heavy atom. The molecule has 0 N–H and O–H groups in total. The molecule has 1 atom stereocenters. The van der Waals surface area contributed by atoms with E-state index in [2.05, 4.69) is 4.98 Å². The van der Waals surface area contributed by atoms with E-state index >= 15 is 0 Å². The van der Waals surface area contributed by atoms with Gasteiger partial charge in [-0.3, -0.25) is 9.78 Å². The van der Waals surface area contributed by atoms with Crippen molar-refractivity contribution in [3.8, 4) is 0 Å². The van der Waals surface area contributed by atoms with Gasteiger partial charge < -0.3 is 4.90 Å². The highest BCUT2D eigenvalue weighted by Crippen LogP contribution is 2.23. The number of halogens is 1. The van der Waals surface area contributed by atoms with Crippen LogP contribution in [-0.4, -0.2) is 22.8 Å². The summed E-state index contributed by atoms with van der Waals surface area (Å²) in [6.45, 7) is 1.98. The summed E-state index contributed by atoms with van der Waals surface area (Å²) < 4.78 is 0. The van der Waals surface area contributed by atoms with Crippen LogP contribution in [0.3, 0.4) is 0 Å². The van der Waals surface area contributed by atoms with Crippen molar-refractivity contribution >= 4 is 17.5 Å². The fourth-order valence-electron chi connectivity index (χ4n) is 1.86. The van der Waals surface area contributed by atoms with Gasteiger partial charge in [0.05, 0.1) is 6.04 Å². The average Bonchev–Trinajstić information content (AvgIpc) is 2.46. The number of aromatic nitrogens is 1. The van der Waals surface area contributed by atoms with E-state index in [1.54, 1.807) is 36.5 Å². The van der Waals surface area contributed by atoms with Crippen molar-refractivity contribution in [2.75, 3.05) is 7.05 Å². The number of carbonyl (C=O) groups excluding carboxylic acids is 1. The fourth-order valence-corrected chi connectivity index (χ4v) is 2.06. The van der Waals surface area contributed by atoms with Crippen LogP contribution in [0.15, 0.2) is 48.8 Å². The van der Waals surface area contributed by atoms with Crippen molar-refractivity contribution in [2.45, 2.75) is 13.0 Å². The molecule has 1 aromatic heterocycles. The zero-order valence-electron chi connectivity index (χ0n) is 10.9. The molecule has 0 fully saturated rings. The standard InChI is InChI=1S/C15H15ClN2O/c1-11(13-4-3-5-14(16)10-13)18(2)15(19)12-6-8-17-9-7-12/h3-11H,1-2H3. The molecule has 0 saturated heterocycles. The van der Waals surface area contributed by atoms with Gasteiger partial charge in [0.25, 0.3) is 5.91 Å². The maximum absolute atomic E-state index is 12.3. The molecule has 0 radical (unpaired) electrons. The van der Waals surface area contributed by atoms with E-state index in [4.69, 9.17) is 11.6 Å². The van der Waals surface area contributed by atoms with E-state index in [0.29, 0.717) is 10.6 Å². The first-order valence-electron chi connectivity index (χ1n) is 6.02. The van der Waals surface area contributed by atoms with Crippen molar-refractivity contribution < 1.29 is 4.79 Å². The highest BCUT2D eigenvalue weighted by molar-refractivity contribution is 6.30. The highest BCUT2D eigenvalue weighted by atomic mass is 35.5. The summed E-state index contributed by atoms with van der Waals surface area (Å²) in [5.41, 5.74) is 1.64. The number of rotatable bonds is 3. The van der Waals surface area contributed by atoms with Gasteiger partial charge in [0.15, 0.2) is 0 Å². The molecule has 0 aliphatic heterocycles. The number of carbonyl (C=O) groups is 1. The lowest BCUT2D eigenvalue weighted by Crippen LogP contribution is -2.29. The van der Waals surface area contributed by atoms with Crippen molar-refractivity contribution in [1.82, 2.24) is 9.88 Å². The molecule has 1 amide bonds. The molecule has 0 aliphatic rings. The molecule has 0 spiro atoms. The van der Waals surface area contributed by atoms with E-state index in [9.17, 15) is 4.79 Å². The molecule has 1 unspecified atom stereocenters. The van der Waals surface area contributed by atoms with E-state index in [0.717, 1.165) is 5.56 Å². The second-order valence-corrected chi connectivity index (χ2v) is 4.82. The summed E-state index contributed by atoms with van der Waals surface area (Å²) in [5.74, 6) is -0.0325. The Hall–Kier alpha value is -1.87. The van der Waals surface area contributed by atoms with Crippen molar-refractivity contribution in [1.29, 1.82) is 0 Å². The maximum Gasteiger partial charge on any atom is 0.254 e. The molecule has 0 aliphatic carbocycles. The van der Waals surface area contributed by atoms with Gasteiger partial charge >= 0.3 is 0 Å². The van der Waals surface area contributed by atoms with Crippen molar-refractivity contribution in [2.24, 2.45) is 0 Å². The van der Waals surface area contributed by atoms with Crippen LogP contribution in [0.4, 0.5) is 0 Å². The normalized spacial score (nSPS) is 11.9. The molecule has 1 heterocycles. The smallest absolute Gasteiger partial charge is 0.254 e. The Morgan fingerprint density at radius 1 is 1.26 bits per heavy atom. The third-order valence-electron chi connectivity index (χ3n) is 3.16. The predicted octanol–water partition coefficient (Wildman–Crippen LogP) is 3.57. The molecule has 0 bridgehead atoms. The first-order chi connectivity index (χ1) is 9.09. The number of amides is 1. The summed E-state index contributed by atoms with van der Waals surface area (Å²) in [7, 11) is 1.79. The Kier molecular flexibility index (Phi) is 4.17. The van der Waals surface area contributed by atoms with Crippen LogP contribution in [0.25, 0.3) is 0 Å². The summed E-state index contributed by atoms with van der Waals surface area (Å²) >= 11 is 5.98. The molecule has 19 heavy (non-hydrogen) atoms. The minimum Gasteiger partial charge on any atom is -0.335 e. The Balaban J connectivity index is 2.20. The van der Waals surface area contributed by atoms with Gasteiger partial charge in [-0.1, -0.05) is 23.7 Å². The second-order valence-electron chi connectivity index (χ2n) is 4.38. The number of pyridine rings is 1. The largest absolute Gasteiger partial charge is 0.335 e. The molecule has 4 heteroatoms. The average molecular weight is 275 g/mol. The van der Waals surface area contributed by atoms with Crippen LogP contribution < -0.4 is 0 Å². The minimum absolute atomic E-state index is 0.0325. The molecule has 1 aromatic carbocycles. The van der Waals surface area contributed by atoms with Crippen LogP contribution in [0.1, 0.15) is 28.9 Å². The summed E-state index contributed by atoms with van der Waals surface area (Å²) in [6.07, 6.45) is 3.23. The van der Waals surface area contributed by atoms with E-state index in [1.165, 1.54) is 0 Å². The van der Waals surface area contributed by atoms with Gasteiger partial charge in [-0.25, -0.2) is 0 Å². The van der Waals surface area contributed by atoms with Gasteiger partial charge in [0.1, 0.15) is 0 Å². The van der Waals surface area contributed by atoms with Gasteiger partial charge in [-0.15, -0.1) is 0 Å². The zero-order chi connectivity index (χ0) is 13.8. The molecule has 2 rings (SSSR count). The number of benzene rings is 1. The predicted molar refractivity (Wildman–Crippen MR) is 76.2 cm³/mol. The van der Waals surface area contributed by atoms with Crippen molar-refractivity contribution in [3.05, 3.63) is 64.9 Å². The summed E-state index contributed by atoms with van der Waals surface area (Å²) in [5, 5.41) is 0.675. The number of hydrogen-bond donors (Lipinski definition) is 0. The van der Waals surface area contributed by atoms with Crippen LogP contribution >= 0.6 is 11.6 Å².